The van der Waals surface area contributed by atoms with Crippen molar-refractivity contribution in [1.82, 2.24) is 14.7 Å². The molecule has 0 saturated carbocycles. The molecule has 2 heterocycles. The standard InChI is InChI=1S/C19H23N3O3S/c1-14-18(15(2)22(20-14)17-7-5-4-6-8-17)12-21(3)19(23)11-16-9-10-26(24,25)13-16/h4-10,16H,11-13H2,1-3H3/t16-/m1/s1. The van der Waals surface area contributed by atoms with Crippen LogP contribution in [-0.2, 0) is 21.2 Å². The molecular formula is C19H23N3O3S. The van der Waals surface area contributed by atoms with Gasteiger partial charge in [0.05, 0.1) is 17.1 Å². The van der Waals surface area contributed by atoms with Gasteiger partial charge < -0.3 is 4.90 Å². The van der Waals surface area contributed by atoms with Gasteiger partial charge in [-0.1, -0.05) is 24.3 Å². The normalized spacial score (nSPS) is 18.2. The molecule has 2 aromatic rings. The molecule has 3 rings (SSSR count). The zero-order valence-corrected chi connectivity index (χ0v) is 16.0. The number of aryl methyl sites for hydroxylation is 1. The molecule has 1 aromatic heterocycles. The first-order valence-electron chi connectivity index (χ1n) is 8.52. The van der Waals surface area contributed by atoms with E-state index < -0.39 is 9.84 Å². The van der Waals surface area contributed by atoms with E-state index in [1.165, 1.54) is 5.41 Å². The maximum absolute atomic E-state index is 12.5. The van der Waals surface area contributed by atoms with E-state index in [0.29, 0.717) is 6.54 Å². The molecule has 1 aliphatic heterocycles. The average molecular weight is 373 g/mol. The summed E-state index contributed by atoms with van der Waals surface area (Å²) in [6.45, 7) is 4.38. The molecule has 0 unspecified atom stereocenters. The monoisotopic (exact) mass is 373 g/mol. The Morgan fingerprint density at radius 1 is 1.27 bits per heavy atom. The molecule has 1 aromatic carbocycles. The van der Waals surface area contributed by atoms with Gasteiger partial charge in [-0.05, 0) is 26.0 Å². The lowest BCUT2D eigenvalue weighted by Gasteiger charge is -2.19. The molecule has 1 amide bonds. The second kappa shape index (κ2) is 7.07. The van der Waals surface area contributed by atoms with Crippen LogP contribution in [0, 0.1) is 19.8 Å². The van der Waals surface area contributed by atoms with Crippen LogP contribution in [0.15, 0.2) is 41.8 Å². The fraction of sp³-hybridized carbons (Fsp3) is 0.368. The average Bonchev–Trinajstić information content (AvgIpc) is 3.08. The summed E-state index contributed by atoms with van der Waals surface area (Å²) < 4.78 is 24.9. The number of amides is 1. The van der Waals surface area contributed by atoms with E-state index in [1.807, 2.05) is 48.9 Å². The molecule has 0 N–H and O–H groups in total. The Labute approximate surface area is 154 Å². The minimum atomic E-state index is -3.13. The van der Waals surface area contributed by atoms with Crippen molar-refractivity contribution >= 4 is 15.7 Å². The smallest absolute Gasteiger partial charge is 0.223 e. The summed E-state index contributed by atoms with van der Waals surface area (Å²) in [6.07, 6.45) is 1.82. The summed E-state index contributed by atoms with van der Waals surface area (Å²) in [5.41, 5.74) is 3.87. The van der Waals surface area contributed by atoms with E-state index in [4.69, 9.17) is 0 Å². The number of aromatic nitrogens is 2. The maximum Gasteiger partial charge on any atom is 0.223 e. The van der Waals surface area contributed by atoms with Gasteiger partial charge in [0.15, 0.2) is 9.84 Å². The van der Waals surface area contributed by atoms with Gasteiger partial charge in [-0.3, -0.25) is 4.79 Å². The predicted molar refractivity (Wildman–Crippen MR) is 101 cm³/mol. The number of carbonyl (C=O) groups excluding carboxylic acids is 1. The summed E-state index contributed by atoms with van der Waals surface area (Å²) in [6, 6.07) is 9.87. The summed E-state index contributed by atoms with van der Waals surface area (Å²) >= 11 is 0. The zero-order chi connectivity index (χ0) is 18.9. The Morgan fingerprint density at radius 3 is 2.58 bits per heavy atom. The number of nitrogens with zero attached hydrogens (tertiary/aromatic N) is 3. The molecule has 138 valence electrons. The van der Waals surface area contributed by atoms with E-state index in [9.17, 15) is 13.2 Å². The number of para-hydroxylation sites is 1. The molecule has 26 heavy (non-hydrogen) atoms. The molecule has 7 heteroatoms. The third-order valence-electron chi connectivity index (χ3n) is 4.70. The predicted octanol–water partition coefficient (Wildman–Crippen LogP) is 2.40. The molecule has 0 spiro atoms. The number of hydrogen-bond acceptors (Lipinski definition) is 4. The molecular weight excluding hydrogens is 350 g/mol. The van der Waals surface area contributed by atoms with Crippen molar-refractivity contribution in [3.05, 3.63) is 58.8 Å². The van der Waals surface area contributed by atoms with E-state index in [2.05, 4.69) is 5.10 Å². The number of sulfone groups is 1. The summed E-state index contributed by atoms with van der Waals surface area (Å²) in [7, 11) is -1.39. The van der Waals surface area contributed by atoms with Gasteiger partial charge in [-0.25, -0.2) is 13.1 Å². The van der Waals surface area contributed by atoms with Crippen LogP contribution in [0.25, 0.3) is 5.69 Å². The van der Waals surface area contributed by atoms with Crippen LogP contribution in [0.1, 0.15) is 23.4 Å². The van der Waals surface area contributed by atoms with Crippen molar-refractivity contribution < 1.29 is 13.2 Å². The summed E-state index contributed by atoms with van der Waals surface area (Å²) in [5.74, 6) is -0.275. The molecule has 0 bridgehead atoms. The Bertz CT molecular complexity index is 946. The largest absolute Gasteiger partial charge is 0.341 e. The lowest BCUT2D eigenvalue weighted by molar-refractivity contribution is -0.130. The SMILES string of the molecule is Cc1nn(-c2ccccc2)c(C)c1CN(C)C(=O)C[C@H]1C=CS(=O)(=O)C1. The first-order valence-corrected chi connectivity index (χ1v) is 10.2. The highest BCUT2D eigenvalue weighted by Gasteiger charge is 2.25. The zero-order valence-electron chi connectivity index (χ0n) is 15.2. The van der Waals surface area contributed by atoms with E-state index in [0.717, 1.165) is 22.6 Å². The van der Waals surface area contributed by atoms with Crippen molar-refractivity contribution in [2.75, 3.05) is 12.8 Å². The molecule has 0 saturated heterocycles. The van der Waals surface area contributed by atoms with Crippen LogP contribution in [0.5, 0.6) is 0 Å². The van der Waals surface area contributed by atoms with Crippen LogP contribution in [0.2, 0.25) is 0 Å². The van der Waals surface area contributed by atoms with Crippen LogP contribution in [0.3, 0.4) is 0 Å². The molecule has 0 aliphatic carbocycles. The van der Waals surface area contributed by atoms with Crippen molar-refractivity contribution in [1.29, 1.82) is 0 Å². The van der Waals surface area contributed by atoms with Gasteiger partial charge in [0, 0.05) is 42.6 Å². The Balaban J connectivity index is 1.72. The molecule has 6 nitrogen and oxygen atoms in total. The number of benzene rings is 1. The van der Waals surface area contributed by atoms with Crippen molar-refractivity contribution in [2.24, 2.45) is 5.92 Å². The van der Waals surface area contributed by atoms with Gasteiger partial charge in [0.1, 0.15) is 0 Å². The Hall–Kier alpha value is -2.41. The van der Waals surface area contributed by atoms with Crippen molar-refractivity contribution in [3.63, 3.8) is 0 Å². The lowest BCUT2D eigenvalue weighted by atomic mass is 10.1. The van der Waals surface area contributed by atoms with Crippen LogP contribution < -0.4 is 0 Å². The minimum Gasteiger partial charge on any atom is -0.341 e. The van der Waals surface area contributed by atoms with Crippen LogP contribution in [0.4, 0.5) is 0 Å². The number of rotatable bonds is 5. The number of allylic oxidation sites excluding steroid dienone is 1. The van der Waals surface area contributed by atoms with Gasteiger partial charge in [0.2, 0.25) is 5.91 Å². The van der Waals surface area contributed by atoms with E-state index >= 15 is 0 Å². The maximum atomic E-state index is 12.5. The summed E-state index contributed by atoms with van der Waals surface area (Å²) in [5, 5.41) is 5.81. The quantitative estimate of drug-likeness (QED) is 0.807. The highest BCUT2D eigenvalue weighted by molar-refractivity contribution is 7.94. The van der Waals surface area contributed by atoms with Crippen LogP contribution >= 0.6 is 0 Å². The third kappa shape index (κ3) is 3.88. The van der Waals surface area contributed by atoms with Crippen LogP contribution in [-0.4, -0.2) is 41.8 Å². The fourth-order valence-electron chi connectivity index (χ4n) is 3.20. The van der Waals surface area contributed by atoms with Gasteiger partial charge in [-0.2, -0.15) is 5.10 Å². The highest BCUT2D eigenvalue weighted by atomic mass is 32.2. The van der Waals surface area contributed by atoms with Crippen molar-refractivity contribution in [2.45, 2.75) is 26.8 Å². The second-order valence-corrected chi connectivity index (χ2v) is 8.70. The third-order valence-corrected chi connectivity index (χ3v) is 6.17. The first kappa shape index (κ1) is 18.4. The Kier molecular flexibility index (Phi) is 5.00. The molecule has 0 fully saturated rings. The van der Waals surface area contributed by atoms with Crippen molar-refractivity contribution in [3.8, 4) is 5.69 Å². The van der Waals surface area contributed by atoms with Gasteiger partial charge >= 0.3 is 0 Å². The molecule has 1 aliphatic rings. The van der Waals surface area contributed by atoms with Gasteiger partial charge in [0.25, 0.3) is 0 Å². The minimum absolute atomic E-state index is 0.0244. The Morgan fingerprint density at radius 2 is 1.96 bits per heavy atom. The fourth-order valence-corrected chi connectivity index (χ4v) is 4.60. The second-order valence-electron chi connectivity index (χ2n) is 6.77. The van der Waals surface area contributed by atoms with E-state index in [-0.39, 0.29) is 24.0 Å². The lowest BCUT2D eigenvalue weighted by Crippen LogP contribution is -2.28. The van der Waals surface area contributed by atoms with Gasteiger partial charge in [-0.15, -0.1) is 0 Å². The topological polar surface area (TPSA) is 72.3 Å². The first-order chi connectivity index (χ1) is 12.3. The highest BCUT2D eigenvalue weighted by Crippen LogP contribution is 2.22. The molecule has 0 radical (unpaired) electrons. The van der Waals surface area contributed by atoms with E-state index in [1.54, 1.807) is 18.0 Å². The summed E-state index contributed by atoms with van der Waals surface area (Å²) in [4.78, 5) is 14.1. The number of carbonyl (C=O) groups is 1. The molecule has 1 atom stereocenters. The number of hydrogen-bond donors (Lipinski definition) is 0.